The number of hydrogen-bond acceptors (Lipinski definition) is 15. The van der Waals surface area contributed by atoms with Gasteiger partial charge in [-0.1, -0.05) is 237 Å². The molecule has 18 aromatic rings. The van der Waals surface area contributed by atoms with E-state index in [9.17, 15) is 44.1 Å². The second-order valence-electron chi connectivity index (χ2n) is 26.3. The van der Waals surface area contributed by atoms with E-state index in [1.165, 1.54) is 0 Å². The largest absolute Gasteiger partial charge is 3.00 e. The number of hydrogen-bond donors (Lipinski definition) is 6. The predicted octanol–water partition coefficient (Wildman–Crippen LogP) is 18.8. The molecule has 0 unspecified atom stereocenters. The van der Waals surface area contributed by atoms with Crippen LogP contribution in [0, 0.1) is 41.5 Å². The summed E-state index contributed by atoms with van der Waals surface area (Å²) in [5.41, 5.74) is 9.82. The second kappa shape index (κ2) is 41.0. The van der Waals surface area contributed by atoms with Crippen LogP contribution in [0.5, 0.6) is 17.2 Å². The molecule has 0 atom stereocenters. The minimum absolute atomic E-state index is 0. The van der Waals surface area contributed by atoms with Gasteiger partial charge >= 0.3 is 55.6 Å². The maximum atomic E-state index is 10.9. The average molecular weight is 1620 g/mol. The quantitative estimate of drug-likeness (QED) is 0.0842. The van der Waals surface area contributed by atoms with Crippen LogP contribution in [0.1, 0.15) is 96.3 Å². The number of benzene rings is 12. The third-order valence-corrected chi connectivity index (χ3v) is 17.7. The van der Waals surface area contributed by atoms with Crippen molar-refractivity contribution >= 4 is 153 Å². The van der Waals surface area contributed by atoms with Gasteiger partial charge in [0.05, 0.1) is 66.5 Å². The summed E-state index contributed by atoms with van der Waals surface area (Å²) in [4.78, 5) is 90.6. The summed E-state index contributed by atoms with van der Waals surface area (Å²) in [6.07, 6.45) is 0. The molecule has 21 nitrogen and oxygen atoms in total. The van der Waals surface area contributed by atoms with Crippen molar-refractivity contribution in [3.63, 3.8) is 0 Å². The Labute approximate surface area is 689 Å². The Kier molecular flexibility index (Phi) is 30.1. The summed E-state index contributed by atoms with van der Waals surface area (Å²) >= 11 is 0. The van der Waals surface area contributed by atoms with E-state index in [-0.39, 0.29) is 70.4 Å². The van der Waals surface area contributed by atoms with Crippen molar-refractivity contribution in [1.29, 1.82) is 0 Å². The fourth-order valence-electron chi connectivity index (χ4n) is 12.0. The van der Waals surface area contributed by atoms with Gasteiger partial charge in [-0.15, -0.1) is 17.2 Å². The van der Waals surface area contributed by atoms with E-state index in [2.05, 4.69) is 29.9 Å². The van der Waals surface area contributed by atoms with E-state index in [4.69, 9.17) is 30.6 Å². The molecule has 0 fully saturated rings. The van der Waals surface area contributed by atoms with Gasteiger partial charge < -0.3 is 46.0 Å². The maximum Gasteiger partial charge on any atom is 3.00 e. The Balaban J connectivity index is 0.000000151. The van der Waals surface area contributed by atoms with Crippen LogP contribution in [0.4, 0.5) is 0 Å². The van der Waals surface area contributed by atoms with Gasteiger partial charge in [-0.3, -0.25) is 29.9 Å². The first-order valence-corrected chi connectivity index (χ1v) is 36.2. The smallest absolute Gasteiger partial charge is 0.872 e. The van der Waals surface area contributed by atoms with E-state index in [0.29, 0.717) is 33.1 Å². The molecule has 582 valence electrons. The molecular formula is C96H75GaN6O15. The fourth-order valence-corrected chi connectivity index (χ4v) is 12.0. The van der Waals surface area contributed by atoms with E-state index < -0.39 is 35.8 Å². The van der Waals surface area contributed by atoms with Crippen LogP contribution in [-0.2, 0) is 0 Å². The van der Waals surface area contributed by atoms with E-state index in [1.807, 2.05) is 242 Å². The molecule has 6 N–H and O–H groups in total. The first-order chi connectivity index (χ1) is 56.2. The Morgan fingerprint density at radius 1 is 0.195 bits per heavy atom. The van der Waals surface area contributed by atoms with E-state index in [1.54, 1.807) is 109 Å². The number of nitrogens with zero attached hydrogens (tertiary/aromatic N) is 6. The van der Waals surface area contributed by atoms with Gasteiger partial charge in [-0.05, 0) is 147 Å². The number of carboxylic acid groups (broad SMARTS) is 6. The number of aromatic carboxylic acids is 6. The van der Waals surface area contributed by atoms with Crippen molar-refractivity contribution in [3.05, 3.63) is 377 Å². The summed E-state index contributed by atoms with van der Waals surface area (Å²) in [6.45, 7) is 11.1. The first kappa shape index (κ1) is 86.7. The molecule has 0 aliphatic heterocycles. The number of aryl methyl sites for hydroxylation is 6. The molecule has 22 heteroatoms. The van der Waals surface area contributed by atoms with E-state index >= 15 is 0 Å². The zero-order valence-electron chi connectivity index (χ0n) is 64.6. The van der Waals surface area contributed by atoms with Gasteiger partial charge in [0.2, 0.25) is 0 Å². The number of carbonyl (C=O) groups is 6. The molecular weight excluding hydrogens is 1550 g/mol. The molecule has 118 heavy (non-hydrogen) atoms. The molecule has 0 spiro atoms. The normalized spacial score (nSPS) is 10.2. The molecule has 12 aromatic carbocycles. The van der Waals surface area contributed by atoms with Crippen LogP contribution < -0.4 is 15.3 Å². The monoisotopic (exact) mass is 1620 g/mol. The number of aromatic nitrogens is 6. The van der Waals surface area contributed by atoms with Crippen LogP contribution >= 0.6 is 0 Å². The minimum Gasteiger partial charge on any atom is -0.872 e. The first-order valence-electron chi connectivity index (χ1n) is 36.2. The van der Waals surface area contributed by atoms with Gasteiger partial charge in [0.25, 0.3) is 0 Å². The molecule has 0 radical (unpaired) electrons. The molecule has 0 saturated carbocycles. The molecule has 0 saturated heterocycles. The number of pyridine rings is 6. The second-order valence-corrected chi connectivity index (χ2v) is 26.3. The molecule has 0 bridgehead atoms. The van der Waals surface area contributed by atoms with Crippen LogP contribution in [0.2, 0.25) is 0 Å². The van der Waals surface area contributed by atoms with Gasteiger partial charge in [0.15, 0.2) is 0 Å². The Hall–Kier alpha value is -15.3. The number of fused-ring (bicyclic) bond motifs is 9. The summed E-state index contributed by atoms with van der Waals surface area (Å²) < 4.78 is 0. The van der Waals surface area contributed by atoms with Crippen molar-refractivity contribution in [2.24, 2.45) is 0 Å². The maximum absolute atomic E-state index is 10.9. The van der Waals surface area contributed by atoms with Crippen molar-refractivity contribution < 1.29 is 74.7 Å². The topological polar surface area (TPSA) is 370 Å². The van der Waals surface area contributed by atoms with Crippen molar-refractivity contribution in [1.82, 2.24) is 29.9 Å². The summed E-state index contributed by atoms with van der Waals surface area (Å²) in [5, 5.41) is 97.8. The van der Waals surface area contributed by atoms with Crippen molar-refractivity contribution in [2.75, 3.05) is 0 Å². The third kappa shape index (κ3) is 23.4. The van der Waals surface area contributed by atoms with E-state index in [0.717, 1.165) is 98.8 Å². The molecule has 6 heterocycles. The van der Waals surface area contributed by atoms with Crippen LogP contribution in [-0.4, -0.2) is 116 Å². The van der Waals surface area contributed by atoms with Crippen LogP contribution in [0.25, 0.3) is 97.7 Å². The number of carboxylic acids is 6. The molecule has 0 amide bonds. The van der Waals surface area contributed by atoms with Crippen LogP contribution in [0.15, 0.2) is 309 Å². The third-order valence-electron chi connectivity index (χ3n) is 17.7. The summed E-state index contributed by atoms with van der Waals surface area (Å²) in [5.74, 6) is -5.40. The fraction of sp³-hybridized carbons (Fsp3) is 0.0625. The summed E-state index contributed by atoms with van der Waals surface area (Å²) in [7, 11) is 0. The molecule has 0 aliphatic carbocycles. The van der Waals surface area contributed by atoms with Gasteiger partial charge in [-0.2, -0.15) is 0 Å². The average Bonchev–Trinajstić information content (AvgIpc) is 0.824. The SMILES string of the molecule is Cc1ccc2cccc(C(=O)O)c2n1.Cc1ccc2cccc(C(=O)O)c2n1.Cc1ccc2cccc(C(=O)O)c2n1.Cc1ccc2cccc(C(=O)O)c2n1.Cc1ccc2cccc(C(=O)O)c2n1.Cc1ccc2cccc(C(=O)O)c2n1.[Ga+3].[O-]c1ccc2ccccc2c1.[O-]c1ccc2ccccc2c1.[O-]c1ccc2ccccc2c1. The Morgan fingerprint density at radius 3 is 0.500 bits per heavy atom. The predicted molar refractivity (Wildman–Crippen MR) is 457 cm³/mol. The Bertz CT molecular complexity index is 5800. The molecule has 18 rings (SSSR count). The summed E-state index contributed by atoms with van der Waals surface area (Å²) in [6, 6.07) is 92.1. The van der Waals surface area contributed by atoms with Crippen LogP contribution in [0.3, 0.4) is 0 Å². The Morgan fingerprint density at radius 2 is 0.339 bits per heavy atom. The number of para-hydroxylation sites is 6. The van der Waals surface area contributed by atoms with Crippen molar-refractivity contribution in [3.8, 4) is 17.2 Å². The van der Waals surface area contributed by atoms with Gasteiger partial charge in [-0.25, -0.2) is 28.8 Å². The minimum atomic E-state index is -0.936. The number of rotatable bonds is 6. The molecule has 0 aliphatic rings. The molecule has 6 aromatic heterocycles. The van der Waals surface area contributed by atoms with Gasteiger partial charge in [0.1, 0.15) is 0 Å². The standard InChI is InChI=1S/6C11H9NO2.3C10H8O.Ga/c6*1-7-5-6-8-3-2-4-9(11(13)14)10(8)12-7;3*11-10-6-5-8-3-1-2-4-9(8)7-10;/h6*2-6H,1H3,(H,13,14);3*1-7,11H;/q;;;;;;;;;+3/p-3. The van der Waals surface area contributed by atoms with Crippen molar-refractivity contribution in [2.45, 2.75) is 41.5 Å². The van der Waals surface area contributed by atoms with Gasteiger partial charge in [0, 0.05) is 66.5 Å². The zero-order valence-corrected chi connectivity index (χ0v) is 67.0. The zero-order chi connectivity index (χ0) is 83.8.